The Morgan fingerprint density at radius 3 is 1.31 bits per heavy atom. The summed E-state index contributed by atoms with van der Waals surface area (Å²) in [4.78, 5) is 2.48. The zero-order valence-electron chi connectivity index (χ0n) is 29.6. The summed E-state index contributed by atoms with van der Waals surface area (Å²) in [5, 5.41) is 7.91. The highest BCUT2D eigenvalue weighted by Crippen LogP contribution is 2.58. The molecule has 0 fully saturated rings. The third kappa shape index (κ3) is 4.59. The first-order valence-electron chi connectivity index (χ1n) is 17.4. The highest BCUT2D eigenvalue weighted by atomic mass is 15.1. The van der Waals surface area contributed by atoms with Crippen LogP contribution in [-0.4, -0.2) is 0 Å². The summed E-state index contributed by atoms with van der Waals surface area (Å²) >= 11 is 0. The van der Waals surface area contributed by atoms with Gasteiger partial charge in [0.05, 0.1) is 5.69 Å². The Kier molecular flexibility index (Phi) is 6.70. The molecule has 0 N–H and O–H groups in total. The highest BCUT2D eigenvalue weighted by Gasteiger charge is 2.40. The third-order valence-electron chi connectivity index (χ3n) is 10.7. The van der Waals surface area contributed by atoms with Gasteiger partial charge >= 0.3 is 0 Å². The predicted molar refractivity (Wildman–Crippen MR) is 209 cm³/mol. The first kappa shape index (κ1) is 30.5. The van der Waals surface area contributed by atoms with E-state index in [2.05, 4.69) is 188 Å². The van der Waals surface area contributed by atoms with Crippen LogP contribution in [0.5, 0.6) is 0 Å². The third-order valence-corrected chi connectivity index (χ3v) is 10.7. The maximum absolute atomic E-state index is 2.51. The molecule has 7 aromatic carbocycles. The van der Waals surface area contributed by atoms with Crippen molar-refractivity contribution in [2.45, 2.75) is 71.6 Å². The van der Waals surface area contributed by atoms with Gasteiger partial charge in [-0.3, -0.25) is 0 Å². The second-order valence-corrected chi connectivity index (χ2v) is 16.3. The van der Waals surface area contributed by atoms with Gasteiger partial charge in [0, 0.05) is 22.2 Å². The number of benzene rings is 7. The van der Waals surface area contributed by atoms with E-state index in [4.69, 9.17) is 0 Å². The molecule has 0 saturated heterocycles. The summed E-state index contributed by atoms with van der Waals surface area (Å²) < 4.78 is 0. The van der Waals surface area contributed by atoms with Crippen molar-refractivity contribution in [3.8, 4) is 11.1 Å². The van der Waals surface area contributed by atoms with Crippen molar-refractivity contribution in [1.82, 2.24) is 0 Å². The fourth-order valence-electron chi connectivity index (χ4n) is 8.14. The van der Waals surface area contributed by atoms with Crippen molar-refractivity contribution in [1.29, 1.82) is 0 Å². The van der Waals surface area contributed by atoms with Crippen LogP contribution < -0.4 is 4.90 Å². The van der Waals surface area contributed by atoms with Crippen LogP contribution in [0.2, 0.25) is 0 Å². The van der Waals surface area contributed by atoms with Gasteiger partial charge in [0.15, 0.2) is 0 Å². The zero-order valence-corrected chi connectivity index (χ0v) is 29.6. The molecule has 1 heteroatoms. The van der Waals surface area contributed by atoms with Crippen LogP contribution >= 0.6 is 0 Å². The van der Waals surface area contributed by atoms with Crippen molar-refractivity contribution in [2.24, 2.45) is 0 Å². The maximum Gasteiger partial charge on any atom is 0.0543 e. The molecule has 0 aromatic heterocycles. The fourth-order valence-corrected chi connectivity index (χ4v) is 8.14. The lowest BCUT2D eigenvalue weighted by molar-refractivity contribution is 0.590. The molecule has 0 radical (unpaired) electrons. The summed E-state index contributed by atoms with van der Waals surface area (Å²) in [5.74, 6) is 0. The summed E-state index contributed by atoms with van der Waals surface area (Å²) in [7, 11) is 0. The number of hydrogen-bond acceptors (Lipinski definition) is 1. The number of hydrogen-bond donors (Lipinski definition) is 0. The van der Waals surface area contributed by atoms with Gasteiger partial charge in [-0.1, -0.05) is 152 Å². The largest absolute Gasteiger partial charge is 0.310 e. The van der Waals surface area contributed by atoms with Crippen LogP contribution in [0, 0.1) is 0 Å². The standard InChI is InChI=1S/C47H45N/c1-45(2,3)30-21-25-32(26-22-30)48(33-27-23-31(24-28-33)46(4,5)6)41-29-40-42(38-19-13-11-17-36(38)41)43-37-18-12-9-15-34(37)35-16-10-14-20-39(35)44(43)47(40,7)8/h9-29H,1-8H3. The quantitative estimate of drug-likeness (QED) is 0.177. The number of fused-ring (bicyclic) bond motifs is 10. The lowest BCUT2D eigenvalue weighted by atomic mass is 9.79. The smallest absolute Gasteiger partial charge is 0.0543 e. The van der Waals surface area contributed by atoms with E-state index in [1.807, 2.05) is 0 Å². The summed E-state index contributed by atoms with van der Waals surface area (Å²) in [6.07, 6.45) is 0. The monoisotopic (exact) mass is 623 g/mol. The minimum Gasteiger partial charge on any atom is -0.310 e. The Hall–Kier alpha value is -4.88. The molecule has 1 nitrogen and oxygen atoms in total. The first-order valence-corrected chi connectivity index (χ1v) is 17.4. The Morgan fingerprint density at radius 2 is 0.833 bits per heavy atom. The van der Waals surface area contributed by atoms with Crippen LogP contribution in [0.25, 0.3) is 43.4 Å². The molecule has 1 aliphatic carbocycles. The molecule has 1 aliphatic rings. The molecule has 0 heterocycles. The van der Waals surface area contributed by atoms with Gasteiger partial charge < -0.3 is 4.90 Å². The average molecular weight is 624 g/mol. The van der Waals surface area contributed by atoms with Crippen LogP contribution in [0.15, 0.2) is 127 Å². The Bertz CT molecular complexity index is 2300. The molecule has 0 unspecified atom stereocenters. The number of nitrogens with zero attached hydrogens (tertiary/aromatic N) is 1. The van der Waals surface area contributed by atoms with Gasteiger partial charge in [0.25, 0.3) is 0 Å². The van der Waals surface area contributed by atoms with Crippen LogP contribution in [0.4, 0.5) is 17.1 Å². The average Bonchev–Trinajstić information content (AvgIpc) is 3.31. The minimum atomic E-state index is -0.203. The second kappa shape index (κ2) is 10.6. The molecular weight excluding hydrogens is 579 g/mol. The molecule has 0 spiro atoms. The molecule has 0 atom stereocenters. The fraction of sp³-hybridized carbons (Fsp3) is 0.234. The van der Waals surface area contributed by atoms with E-state index in [9.17, 15) is 0 Å². The van der Waals surface area contributed by atoms with E-state index in [0.717, 1.165) is 0 Å². The van der Waals surface area contributed by atoms with E-state index in [0.29, 0.717) is 0 Å². The van der Waals surface area contributed by atoms with Crippen molar-refractivity contribution in [3.63, 3.8) is 0 Å². The first-order chi connectivity index (χ1) is 22.9. The molecule has 8 rings (SSSR count). The molecule has 238 valence electrons. The van der Waals surface area contributed by atoms with E-state index >= 15 is 0 Å². The van der Waals surface area contributed by atoms with Gasteiger partial charge in [-0.25, -0.2) is 0 Å². The topological polar surface area (TPSA) is 3.24 Å². The number of anilines is 3. The van der Waals surface area contributed by atoms with E-state index in [1.54, 1.807) is 0 Å². The number of rotatable bonds is 3. The Balaban J connectivity index is 1.45. The summed E-state index contributed by atoms with van der Waals surface area (Å²) in [5.41, 5.74) is 11.8. The van der Waals surface area contributed by atoms with Crippen LogP contribution in [-0.2, 0) is 16.2 Å². The van der Waals surface area contributed by atoms with Gasteiger partial charge in [0.2, 0.25) is 0 Å². The highest BCUT2D eigenvalue weighted by molar-refractivity contribution is 6.22. The van der Waals surface area contributed by atoms with Crippen LogP contribution in [0.3, 0.4) is 0 Å². The molecule has 0 aliphatic heterocycles. The van der Waals surface area contributed by atoms with Crippen LogP contribution in [0.1, 0.15) is 77.6 Å². The molecule has 0 saturated carbocycles. The van der Waals surface area contributed by atoms with E-state index < -0.39 is 0 Å². The van der Waals surface area contributed by atoms with Gasteiger partial charge in [-0.15, -0.1) is 0 Å². The normalized spacial score (nSPS) is 14.0. The molecule has 48 heavy (non-hydrogen) atoms. The molecule has 7 aromatic rings. The Labute approximate surface area is 285 Å². The predicted octanol–water partition coefficient (Wildman–Crippen LogP) is 13.5. The lowest BCUT2D eigenvalue weighted by Gasteiger charge is -2.31. The Morgan fingerprint density at radius 1 is 0.438 bits per heavy atom. The maximum atomic E-state index is 2.51. The second-order valence-electron chi connectivity index (χ2n) is 16.3. The van der Waals surface area contributed by atoms with Crippen molar-refractivity contribution in [2.75, 3.05) is 4.90 Å². The van der Waals surface area contributed by atoms with Gasteiger partial charge in [0.1, 0.15) is 0 Å². The van der Waals surface area contributed by atoms with E-state index in [-0.39, 0.29) is 16.2 Å². The molecule has 0 amide bonds. The minimum absolute atomic E-state index is 0.0827. The summed E-state index contributed by atoms with van der Waals surface area (Å²) in [6, 6.07) is 48.0. The molecular formula is C47H45N. The lowest BCUT2D eigenvalue weighted by Crippen LogP contribution is -2.18. The SMILES string of the molecule is CC(C)(C)c1ccc(N(c2ccc(C(C)(C)C)cc2)c2cc3c(c4ccccc24)-c2c(c4ccccc4c4ccccc24)C3(C)C)cc1. The van der Waals surface area contributed by atoms with Gasteiger partial charge in [-0.2, -0.15) is 0 Å². The van der Waals surface area contributed by atoms with Crippen molar-refractivity contribution in [3.05, 3.63) is 150 Å². The summed E-state index contributed by atoms with van der Waals surface area (Å²) in [6.45, 7) is 18.6. The zero-order chi connectivity index (χ0) is 33.6. The van der Waals surface area contributed by atoms with Crippen molar-refractivity contribution >= 4 is 49.4 Å². The van der Waals surface area contributed by atoms with Gasteiger partial charge in [-0.05, 0) is 101 Å². The molecule has 0 bridgehead atoms. The van der Waals surface area contributed by atoms with E-state index in [1.165, 1.54) is 82.8 Å². The van der Waals surface area contributed by atoms with Crippen molar-refractivity contribution < 1.29 is 0 Å².